The van der Waals surface area contributed by atoms with Gasteiger partial charge in [-0.2, -0.15) is 0 Å². The Bertz CT molecular complexity index is 838. The van der Waals surface area contributed by atoms with Crippen LogP contribution in [-0.4, -0.2) is 0 Å². The maximum atomic E-state index is 10.9. The zero-order valence-corrected chi connectivity index (χ0v) is 16.8. The number of hydrogen-bond acceptors (Lipinski definition) is 2. The molecule has 0 amide bonds. The van der Waals surface area contributed by atoms with Crippen molar-refractivity contribution in [1.82, 2.24) is 0 Å². The Kier molecular flexibility index (Phi) is 7.85. The maximum Gasteiger partial charge on any atom is 2.00 e. The summed E-state index contributed by atoms with van der Waals surface area (Å²) in [6.07, 6.45) is 0. The van der Waals surface area contributed by atoms with Gasteiger partial charge in [-0.1, -0.05) is 109 Å². The fourth-order valence-corrected chi connectivity index (χ4v) is 2.56. The first-order valence-electron chi connectivity index (χ1n) is 8.37. The van der Waals surface area contributed by atoms with Gasteiger partial charge in [0.2, 0.25) is 0 Å². The topological polar surface area (TPSA) is 46.1 Å². The van der Waals surface area contributed by atoms with Crippen LogP contribution in [0.2, 0.25) is 0 Å². The molecule has 0 radical (unpaired) electrons. The van der Waals surface area contributed by atoms with E-state index in [0.29, 0.717) is 0 Å². The van der Waals surface area contributed by atoms with E-state index in [1.54, 1.807) is 24.3 Å². The Hall–Kier alpha value is -2.83. The molecule has 27 heavy (non-hydrogen) atoms. The third-order valence-electron chi connectivity index (χ3n) is 3.92. The average Bonchev–Trinajstić information content (AvgIpc) is 2.71. The summed E-state index contributed by atoms with van der Waals surface area (Å²) >= 11 is 0. The van der Waals surface area contributed by atoms with Crippen molar-refractivity contribution in [2.24, 2.45) is 0 Å². The van der Waals surface area contributed by atoms with E-state index < -0.39 is 0 Å². The second-order valence-electron chi connectivity index (χ2n) is 5.78. The molecule has 0 N–H and O–H groups in total. The summed E-state index contributed by atoms with van der Waals surface area (Å²) in [6.45, 7) is 0. The van der Waals surface area contributed by atoms with Crippen molar-refractivity contribution in [3.05, 3.63) is 109 Å². The van der Waals surface area contributed by atoms with E-state index in [2.05, 4.69) is 0 Å². The molecule has 0 aliphatic rings. The van der Waals surface area contributed by atoms with Crippen LogP contribution in [-0.2, 0) is 21.1 Å². The fourth-order valence-electron chi connectivity index (χ4n) is 2.56. The minimum atomic E-state index is 0. The molecule has 0 heterocycles. The fraction of sp³-hybridized carbons (Fsp3) is 0. The third-order valence-corrected chi connectivity index (χ3v) is 3.92. The Morgan fingerprint density at radius 3 is 0.889 bits per heavy atom. The van der Waals surface area contributed by atoms with Gasteiger partial charge in [0.15, 0.2) is 0 Å². The SMILES string of the molecule is [O-]c1ccc(-c2ccccc2)cc1.[O-]c1ccc(-c2ccccc2)cc1.[Pt+2]. The third kappa shape index (κ3) is 6.13. The molecule has 3 heteroatoms. The molecule has 136 valence electrons. The molecular formula is C24H18O2Pt. The zero-order chi connectivity index (χ0) is 18.2. The molecule has 0 aliphatic heterocycles. The summed E-state index contributed by atoms with van der Waals surface area (Å²) in [5.74, 6) is 0.111. The van der Waals surface area contributed by atoms with E-state index in [0.717, 1.165) is 22.3 Å². The largest absolute Gasteiger partial charge is 2.00 e. The molecule has 0 unspecified atom stereocenters. The molecule has 0 atom stereocenters. The molecule has 0 aliphatic carbocycles. The minimum Gasteiger partial charge on any atom is -0.872 e. The van der Waals surface area contributed by atoms with E-state index in [1.807, 2.05) is 84.9 Å². The molecule has 0 fully saturated rings. The molecule has 4 rings (SSSR count). The smallest absolute Gasteiger partial charge is 0.872 e. The second kappa shape index (κ2) is 10.3. The average molecular weight is 533 g/mol. The van der Waals surface area contributed by atoms with Crippen molar-refractivity contribution in [2.45, 2.75) is 0 Å². The van der Waals surface area contributed by atoms with Crippen LogP contribution in [0.1, 0.15) is 0 Å². The minimum absolute atomic E-state index is 0. The van der Waals surface area contributed by atoms with Gasteiger partial charge in [-0.15, -0.1) is 11.5 Å². The van der Waals surface area contributed by atoms with Crippen LogP contribution in [0, 0.1) is 0 Å². The number of hydrogen-bond donors (Lipinski definition) is 0. The number of rotatable bonds is 2. The molecule has 0 saturated heterocycles. The van der Waals surface area contributed by atoms with Crippen molar-refractivity contribution in [3.8, 4) is 33.8 Å². The van der Waals surface area contributed by atoms with Gasteiger partial charge in [-0.25, -0.2) is 0 Å². The molecule has 0 aromatic heterocycles. The van der Waals surface area contributed by atoms with Crippen LogP contribution in [0.4, 0.5) is 0 Å². The Morgan fingerprint density at radius 2 is 0.593 bits per heavy atom. The Balaban J connectivity index is 0.000000187. The number of benzene rings is 4. The van der Waals surface area contributed by atoms with Crippen molar-refractivity contribution in [3.63, 3.8) is 0 Å². The normalized spacial score (nSPS) is 9.48. The van der Waals surface area contributed by atoms with Crippen molar-refractivity contribution >= 4 is 0 Å². The van der Waals surface area contributed by atoms with Crippen LogP contribution >= 0.6 is 0 Å². The van der Waals surface area contributed by atoms with Crippen LogP contribution in [0.5, 0.6) is 11.5 Å². The van der Waals surface area contributed by atoms with E-state index in [-0.39, 0.29) is 32.6 Å². The first kappa shape index (κ1) is 20.5. The van der Waals surface area contributed by atoms with Gasteiger partial charge >= 0.3 is 21.1 Å². The summed E-state index contributed by atoms with van der Waals surface area (Å²) in [5.41, 5.74) is 4.45. The summed E-state index contributed by atoms with van der Waals surface area (Å²) in [6, 6.07) is 33.7. The maximum absolute atomic E-state index is 10.9. The van der Waals surface area contributed by atoms with Gasteiger partial charge < -0.3 is 10.2 Å². The molecule has 4 aromatic rings. The van der Waals surface area contributed by atoms with Crippen LogP contribution in [0.3, 0.4) is 0 Å². The molecule has 0 saturated carbocycles. The van der Waals surface area contributed by atoms with E-state index in [1.165, 1.54) is 0 Å². The van der Waals surface area contributed by atoms with Gasteiger partial charge in [0.05, 0.1) is 0 Å². The van der Waals surface area contributed by atoms with Gasteiger partial charge in [0, 0.05) is 0 Å². The first-order valence-corrected chi connectivity index (χ1v) is 8.37. The Labute approximate surface area is 174 Å². The summed E-state index contributed by atoms with van der Waals surface area (Å²) < 4.78 is 0. The van der Waals surface area contributed by atoms with E-state index in [4.69, 9.17) is 0 Å². The Morgan fingerprint density at radius 1 is 0.333 bits per heavy atom. The summed E-state index contributed by atoms with van der Waals surface area (Å²) in [7, 11) is 0. The van der Waals surface area contributed by atoms with Crippen LogP contribution in [0.15, 0.2) is 109 Å². The van der Waals surface area contributed by atoms with Crippen molar-refractivity contribution < 1.29 is 31.3 Å². The molecule has 2 nitrogen and oxygen atoms in total. The monoisotopic (exact) mass is 533 g/mol. The quantitative estimate of drug-likeness (QED) is 0.370. The zero-order valence-electron chi connectivity index (χ0n) is 14.5. The van der Waals surface area contributed by atoms with Gasteiger partial charge in [0.1, 0.15) is 0 Å². The summed E-state index contributed by atoms with van der Waals surface area (Å²) in [4.78, 5) is 0. The van der Waals surface area contributed by atoms with Gasteiger partial charge in [0.25, 0.3) is 0 Å². The van der Waals surface area contributed by atoms with Crippen LogP contribution < -0.4 is 10.2 Å². The van der Waals surface area contributed by atoms with Gasteiger partial charge in [-0.3, -0.25) is 0 Å². The second-order valence-corrected chi connectivity index (χ2v) is 5.78. The summed E-state index contributed by atoms with van der Waals surface area (Å²) in [5, 5.41) is 21.7. The molecule has 4 aromatic carbocycles. The molecular weight excluding hydrogens is 515 g/mol. The predicted molar refractivity (Wildman–Crippen MR) is 103 cm³/mol. The standard InChI is InChI=1S/2C12H10O.Pt/c2*13-12-8-6-11(7-9-12)10-4-2-1-3-5-10;/h2*1-9,13H;/q;;+2/p-2. The van der Waals surface area contributed by atoms with Crippen LogP contribution in [0.25, 0.3) is 22.3 Å². The van der Waals surface area contributed by atoms with Crippen molar-refractivity contribution in [2.75, 3.05) is 0 Å². The first-order chi connectivity index (χ1) is 12.7. The van der Waals surface area contributed by atoms with Crippen molar-refractivity contribution in [1.29, 1.82) is 0 Å². The predicted octanol–water partition coefficient (Wildman–Crippen LogP) is 4.85. The molecule has 0 bridgehead atoms. The molecule has 0 spiro atoms. The van der Waals surface area contributed by atoms with E-state index in [9.17, 15) is 10.2 Å². The van der Waals surface area contributed by atoms with Gasteiger partial charge in [-0.05, 0) is 22.3 Å². The van der Waals surface area contributed by atoms with E-state index >= 15 is 0 Å².